The molecule has 10 rings (SSSR count). The van der Waals surface area contributed by atoms with Gasteiger partial charge < -0.3 is 18.2 Å². The lowest BCUT2D eigenvalue weighted by atomic mass is 10.0. The zero-order valence-electron chi connectivity index (χ0n) is 23.5. The summed E-state index contributed by atoms with van der Waals surface area (Å²) < 4.78 is 18.7. The van der Waals surface area contributed by atoms with Crippen LogP contribution in [0.15, 0.2) is 153 Å². The van der Waals surface area contributed by atoms with Crippen molar-refractivity contribution < 1.29 is 13.3 Å². The Kier molecular flexibility index (Phi) is 4.69. The van der Waals surface area contributed by atoms with Crippen molar-refractivity contribution in [2.24, 2.45) is 0 Å². The predicted molar refractivity (Wildman–Crippen MR) is 180 cm³/mol. The van der Waals surface area contributed by atoms with E-state index in [1.54, 1.807) is 0 Å². The van der Waals surface area contributed by atoms with Crippen LogP contribution in [0.5, 0.6) is 0 Å². The molecule has 3 heterocycles. The van der Waals surface area contributed by atoms with Gasteiger partial charge in [-0.25, -0.2) is 0 Å². The highest BCUT2D eigenvalue weighted by atomic mass is 16.3. The number of anilines is 3. The maximum Gasteiger partial charge on any atom is 0.137 e. The van der Waals surface area contributed by atoms with Gasteiger partial charge in [-0.1, -0.05) is 60.7 Å². The number of benzene rings is 7. The molecule has 0 spiro atoms. The van der Waals surface area contributed by atoms with Crippen LogP contribution < -0.4 is 4.90 Å². The maximum atomic E-state index is 6.33. The molecule has 206 valence electrons. The van der Waals surface area contributed by atoms with E-state index in [9.17, 15) is 0 Å². The maximum absolute atomic E-state index is 6.33. The number of hydrogen-bond acceptors (Lipinski definition) is 4. The summed E-state index contributed by atoms with van der Waals surface area (Å²) >= 11 is 0. The van der Waals surface area contributed by atoms with Crippen LogP contribution in [0.2, 0.25) is 0 Å². The molecule has 0 atom stereocenters. The van der Waals surface area contributed by atoms with E-state index >= 15 is 0 Å². The quantitative estimate of drug-likeness (QED) is 0.214. The average Bonchev–Trinajstić information content (AvgIpc) is 3.74. The summed E-state index contributed by atoms with van der Waals surface area (Å²) in [6, 6.07) is 48.5. The molecule has 0 radical (unpaired) electrons. The highest BCUT2D eigenvalue weighted by Gasteiger charge is 2.18. The third kappa shape index (κ3) is 3.39. The topological polar surface area (TPSA) is 42.7 Å². The third-order valence-corrected chi connectivity index (χ3v) is 8.82. The van der Waals surface area contributed by atoms with Gasteiger partial charge in [0.2, 0.25) is 0 Å². The van der Waals surface area contributed by atoms with Gasteiger partial charge in [0.05, 0.1) is 0 Å². The summed E-state index contributed by atoms with van der Waals surface area (Å²) in [5.41, 5.74) is 8.40. The van der Waals surface area contributed by atoms with E-state index in [2.05, 4.69) is 108 Å². The summed E-state index contributed by atoms with van der Waals surface area (Å²) in [4.78, 5) is 2.30. The smallest absolute Gasteiger partial charge is 0.137 e. The van der Waals surface area contributed by atoms with Crippen LogP contribution in [0.4, 0.5) is 17.1 Å². The molecular weight excluding hydrogens is 542 g/mol. The molecule has 0 fully saturated rings. The molecule has 0 saturated carbocycles. The van der Waals surface area contributed by atoms with Crippen molar-refractivity contribution in [2.75, 3.05) is 4.90 Å². The molecule has 0 N–H and O–H groups in total. The first kappa shape index (κ1) is 23.6. The van der Waals surface area contributed by atoms with Crippen molar-refractivity contribution in [3.8, 4) is 0 Å². The highest BCUT2D eigenvalue weighted by Crippen LogP contribution is 2.42. The van der Waals surface area contributed by atoms with Crippen molar-refractivity contribution in [1.82, 2.24) is 0 Å². The second-order valence-corrected chi connectivity index (χ2v) is 11.4. The Morgan fingerprint density at radius 1 is 0.295 bits per heavy atom. The van der Waals surface area contributed by atoms with Crippen LogP contribution in [0.25, 0.3) is 76.6 Å². The molecule has 0 bridgehead atoms. The molecule has 10 aromatic rings. The van der Waals surface area contributed by atoms with E-state index in [0.29, 0.717) is 0 Å². The van der Waals surface area contributed by atoms with Crippen LogP contribution in [0, 0.1) is 0 Å². The van der Waals surface area contributed by atoms with Crippen molar-refractivity contribution in [3.05, 3.63) is 140 Å². The Labute approximate surface area is 250 Å². The molecular formula is C40H23NO3. The standard InChI is InChI=1S/C40H23NO3/c1-4-10-35-29(7-1)32-17-15-28(23-40(32)44-35)41(27-16-18-38-34(22-27)31-9-3-5-11-36(31)42-38)26-14-13-24-21-39-33(20-25(24)19-26)30-8-2-6-12-37(30)43-39/h1-23H. The fourth-order valence-corrected chi connectivity index (χ4v) is 6.75. The number of rotatable bonds is 3. The molecule has 4 heteroatoms. The van der Waals surface area contributed by atoms with Gasteiger partial charge in [-0.2, -0.15) is 0 Å². The van der Waals surface area contributed by atoms with Crippen LogP contribution in [-0.2, 0) is 0 Å². The second-order valence-electron chi connectivity index (χ2n) is 11.4. The second kappa shape index (κ2) is 8.76. The lowest BCUT2D eigenvalue weighted by Crippen LogP contribution is -2.09. The van der Waals surface area contributed by atoms with Crippen LogP contribution in [0.1, 0.15) is 0 Å². The normalized spacial score (nSPS) is 12.1. The number of nitrogens with zero attached hydrogens (tertiary/aromatic N) is 1. The van der Waals surface area contributed by atoms with Crippen LogP contribution in [-0.4, -0.2) is 0 Å². The van der Waals surface area contributed by atoms with Gasteiger partial charge in [0.25, 0.3) is 0 Å². The third-order valence-electron chi connectivity index (χ3n) is 8.82. The molecule has 0 saturated heterocycles. The number of hydrogen-bond donors (Lipinski definition) is 0. The van der Waals surface area contributed by atoms with Gasteiger partial charge in [-0.05, 0) is 83.6 Å². The van der Waals surface area contributed by atoms with Gasteiger partial charge >= 0.3 is 0 Å². The van der Waals surface area contributed by atoms with E-state index in [4.69, 9.17) is 13.3 Å². The molecule has 3 aromatic heterocycles. The fourth-order valence-electron chi connectivity index (χ4n) is 6.75. The largest absolute Gasteiger partial charge is 0.456 e. The Morgan fingerprint density at radius 3 is 1.50 bits per heavy atom. The number of furan rings is 3. The molecule has 0 aliphatic heterocycles. The SMILES string of the molecule is c1ccc2c(c1)oc1cc(N(c3ccc4cc5oc6ccccc6c5cc4c3)c3ccc4oc5ccccc5c4c3)ccc12. The first-order chi connectivity index (χ1) is 21.8. The molecule has 0 unspecified atom stereocenters. The van der Waals surface area contributed by atoms with Gasteiger partial charge in [0.1, 0.15) is 33.5 Å². The van der Waals surface area contributed by atoms with E-state index in [1.807, 2.05) is 36.4 Å². The van der Waals surface area contributed by atoms with E-state index in [0.717, 1.165) is 93.7 Å². The number of para-hydroxylation sites is 3. The van der Waals surface area contributed by atoms with Crippen LogP contribution in [0.3, 0.4) is 0 Å². The van der Waals surface area contributed by atoms with Gasteiger partial charge in [0, 0.05) is 55.4 Å². The number of fused-ring (bicyclic) bond motifs is 10. The summed E-state index contributed by atoms with van der Waals surface area (Å²) in [7, 11) is 0. The molecule has 0 aliphatic carbocycles. The summed E-state index contributed by atoms with van der Waals surface area (Å²) in [5, 5.41) is 8.92. The van der Waals surface area contributed by atoms with Crippen molar-refractivity contribution >= 4 is 93.7 Å². The minimum absolute atomic E-state index is 0.857. The molecule has 7 aromatic carbocycles. The monoisotopic (exact) mass is 565 g/mol. The first-order valence-corrected chi connectivity index (χ1v) is 14.7. The highest BCUT2D eigenvalue weighted by molar-refractivity contribution is 6.11. The van der Waals surface area contributed by atoms with Crippen molar-refractivity contribution in [3.63, 3.8) is 0 Å². The average molecular weight is 566 g/mol. The van der Waals surface area contributed by atoms with Gasteiger partial charge in [0.15, 0.2) is 0 Å². The van der Waals surface area contributed by atoms with Crippen molar-refractivity contribution in [1.29, 1.82) is 0 Å². The Hall–Kier alpha value is -6.00. The van der Waals surface area contributed by atoms with E-state index in [1.165, 1.54) is 0 Å². The first-order valence-electron chi connectivity index (χ1n) is 14.7. The van der Waals surface area contributed by atoms with Gasteiger partial charge in [-0.15, -0.1) is 0 Å². The zero-order chi connectivity index (χ0) is 28.8. The fraction of sp³-hybridized carbons (Fsp3) is 0. The predicted octanol–water partition coefficient (Wildman–Crippen LogP) is 12.0. The Bertz CT molecular complexity index is 2740. The molecule has 44 heavy (non-hydrogen) atoms. The zero-order valence-corrected chi connectivity index (χ0v) is 23.5. The van der Waals surface area contributed by atoms with Crippen molar-refractivity contribution in [2.45, 2.75) is 0 Å². The minimum atomic E-state index is 0.857. The molecule has 0 amide bonds. The summed E-state index contributed by atoms with van der Waals surface area (Å²) in [6.07, 6.45) is 0. The van der Waals surface area contributed by atoms with E-state index < -0.39 is 0 Å². The lowest BCUT2D eigenvalue weighted by Gasteiger charge is -2.26. The van der Waals surface area contributed by atoms with Crippen LogP contribution >= 0.6 is 0 Å². The minimum Gasteiger partial charge on any atom is -0.456 e. The lowest BCUT2D eigenvalue weighted by molar-refractivity contribution is 0.668. The molecule has 4 nitrogen and oxygen atoms in total. The molecule has 0 aliphatic rings. The summed E-state index contributed by atoms with van der Waals surface area (Å²) in [6.45, 7) is 0. The summed E-state index contributed by atoms with van der Waals surface area (Å²) in [5.74, 6) is 0. The van der Waals surface area contributed by atoms with E-state index in [-0.39, 0.29) is 0 Å². The Morgan fingerprint density at radius 2 is 0.773 bits per heavy atom. The Balaban J connectivity index is 1.22. The van der Waals surface area contributed by atoms with Gasteiger partial charge in [-0.3, -0.25) is 0 Å².